The van der Waals surface area contributed by atoms with Crippen LogP contribution in [0.4, 0.5) is 0 Å². The average Bonchev–Trinajstić information content (AvgIpc) is 2.42. The van der Waals surface area contributed by atoms with Crippen molar-refractivity contribution in [1.82, 2.24) is 0 Å². The summed E-state index contributed by atoms with van der Waals surface area (Å²) in [4.78, 5) is 0. The second-order valence-corrected chi connectivity index (χ2v) is 5.62. The molecule has 1 rings (SSSR count). The van der Waals surface area contributed by atoms with Crippen LogP contribution in [0.2, 0.25) is 0 Å². The van der Waals surface area contributed by atoms with Gasteiger partial charge in [-0.1, -0.05) is 13.8 Å². The summed E-state index contributed by atoms with van der Waals surface area (Å²) in [6.45, 7) is 5.06. The van der Waals surface area contributed by atoms with E-state index in [9.17, 15) is 0 Å². The van der Waals surface area contributed by atoms with E-state index < -0.39 is 0 Å². The quantitative estimate of drug-likeness (QED) is 0.737. The maximum Gasteiger partial charge on any atom is 0.133 e. The predicted molar refractivity (Wildman–Crippen MR) is 83.1 cm³/mol. The van der Waals surface area contributed by atoms with Crippen LogP contribution >= 0.6 is 28.6 Å². The Kier molecular flexibility index (Phi) is 6.36. The minimum absolute atomic E-state index is 0.155. The number of halogens is 1. The van der Waals surface area contributed by atoms with E-state index in [0.29, 0.717) is 6.61 Å². The maximum absolute atomic E-state index is 5.92. The lowest BCUT2D eigenvalue weighted by atomic mass is 9.85. The van der Waals surface area contributed by atoms with Crippen molar-refractivity contribution in [3.63, 3.8) is 0 Å². The highest BCUT2D eigenvalue weighted by Gasteiger charge is 2.25. The molecule has 1 aromatic carbocycles. The molecule has 0 bridgehead atoms. The van der Waals surface area contributed by atoms with Gasteiger partial charge in [-0.3, -0.25) is 0 Å². The molecule has 0 spiro atoms. The summed E-state index contributed by atoms with van der Waals surface area (Å²) in [5.41, 5.74) is 0.155. The van der Waals surface area contributed by atoms with Gasteiger partial charge in [0.2, 0.25) is 0 Å². The second-order valence-electron chi connectivity index (χ2n) is 4.45. The zero-order chi connectivity index (χ0) is 13.6. The Morgan fingerprint density at radius 3 is 2.39 bits per heavy atom. The fourth-order valence-corrected chi connectivity index (χ4v) is 2.69. The van der Waals surface area contributed by atoms with Crippen LogP contribution in [0.25, 0.3) is 0 Å². The van der Waals surface area contributed by atoms with Gasteiger partial charge in [-0.25, -0.2) is 0 Å². The van der Waals surface area contributed by atoms with Crippen LogP contribution in [0.3, 0.4) is 0 Å². The van der Waals surface area contributed by atoms with Gasteiger partial charge in [-0.2, -0.15) is 12.6 Å². The van der Waals surface area contributed by atoms with Crippen molar-refractivity contribution in [3.8, 4) is 11.5 Å². The van der Waals surface area contributed by atoms with E-state index in [1.165, 1.54) is 0 Å². The predicted octanol–water partition coefficient (Wildman–Crippen LogP) is 4.57. The van der Waals surface area contributed by atoms with Crippen LogP contribution in [0.5, 0.6) is 11.5 Å². The van der Waals surface area contributed by atoms with Crippen molar-refractivity contribution < 1.29 is 9.47 Å². The Bertz CT molecular complexity index is 370. The van der Waals surface area contributed by atoms with Crippen molar-refractivity contribution >= 4 is 28.6 Å². The lowest BCUT2D eigenvalue weighted by molar-refractivity contribution is 0.156. The van der Waals surface area contributed by atoms with Gasteiger partial charge >= 0.3 is 0 Å². The van der Waals surface area contributed by atoms with Crippen LogP contribution in [-0.2, 0) is 0 Å². The first-order valence-electron chi connectivity index (χ1n) is 6.18. The van der Waals surface area contributed by atoms with Crippen molar-refractivity contribution in [2.24, 2.45) is 5.41 Å². The van der Waals surface area contributed by atoms with Crippen molar-refractivity contribution in [3.05, 3.63) is 22.7 Å². The molecular formula is C14H21BrO2S. The molecule has 0 amide bonds. The molecule has 0 aromatic heterocycles. The third kappa shape index (κ3) is 3.82. The van der Waals surface area contributed by atoms with E-state index in [0.717, 1.165) is 34.6 Å². The largest absolute Gasteiger partial charge is 0.497 e. The molecule has 1 aromatic rings. The van der Waals surface area contributed by atoms with Gasteiger partial charge in [0, 0.05) is 5.41 Å². The molecule has 0 saturated carbocycles. The van der Waals surface area contributed by atoms with Gasteiger partial charge in [0.25, 0.3) is 0 Å². The van der Waals surface area contributed by atoms with E-state index >= 15 is 0 Å². The molecule has 0 fully saturated rings. The molecule has 102 valence electrons. The third-order valence-electron chi connectivity index (χ3n) is 3.51. The first-order valence-corrected chi connectivity index (χ1v) is 7.60. The molecule has 2 nitrogen and oxygen atoms in total. The SMILES string of the molecule is CCC(CC)(CS)COc1ccc(OC)cc1Br. The van der Waals surface area contributed by atoms with Gasteiger partial charge < -0.3 is 9.47 Å². The monoisotopic (exact) mass is 332 g/mol. The van der Waals surface area contributed by atoms with Crippen molar-refractivity contribution in [2.75, 3.05) is 19.5 Å². The summed E-state index contributed by atoms with van der Waals surface area (Å²) in [6.07, 6.45) is 2.14. The molecule has 0 unspecified atom stereocenters. The lowest BCUT2D eigenvalue weighted by Gasteiger charge is -2.29. The summed E-state index contributed by atoms with van der Waals surface area (Å²) >= 11 is 7.95. The highest BCUT2D eigenvalue weighted by atomic mass is 79.9. The number of ether oxygens (including phenoxy) is 2. The molecule has 0 heterocycles. The average molecular weight is 333 g/mol. The van der Waals surface area contributed by atoms with Crippen LogP contribution in [0.15, 0.2) is 22.7 Å². The van der Waals surface area contributed by atoms with Crippen LogP contribution < -0.4 is 9.47 Å². The molecule has 0 aliphatic rings. The molecule has 0 N–H and O–H groups in total. The maximum atomic E-state index is 5.92. The number of methoxy groups -OCH3 is 1. The van der Waals surface area contributed by atoms with Gasteiger partial charge in [-0.05, 0) is 52.7 Å². The van der Waals surface area contributed by atoms with E-state index in [1.54, 1.807) is 7.11 Å². The molecule has 0 aliphatic carbocycles. The third-order valence-corrected chi connectivity index (χ3v) is 4.80. The fourth-order valence-electron chi connectivity index (χ4n) is 1.68. The summed E-state index contributed by atoms with van der Waals surface area (Å²) < 4.78 is 12.0. The summed E-state index contributed by atoms with van der Waals surface area (Å²) in [6, 6.07) is 5.74. The van der Waals surface area contributed by atoms with Gasteiger partial charge in [0.1, 0.15) is 11.5 Å². The van der Waals surface area contributed by atoms with Gasteiger partial charge in [0.15, 0.2) is 0 Å². The Balaban J connectivity index is 2.73. The highest BCUT2D eigenvalue weighted by molar-refractivity contribution is 9.10. The Labute approximate surface area is 124 Å². The summed E-state index contributed by atoms with van der Waals surface area (Å²) in [5, 5.41) is 0. The van der Waals surface area contributed by atoms with Crippen molar-refractivity contribution in [2.45, 2.75) is 26.7 Å². The number of hydrogen-bond acceptors (Lipinski definition) is 3. The molecule has 0 saturated heterocycles. The summed E-state index contributed by atoms with van der Waals surface area (Å²) in [7, 11) is 1.66. The van der Waals surface area contributed by atoms with Crippen LogP contribution in [0, 0.1) is 5.41 Å². The van der Waals surface area contributed by atoms with E-state index in [1.807, 2.05) is 18.2 Å². The molecule has 0 atom stereocenters. The standard InChI is InChI=1S/C14H21BrO2S/c1-4-14(5-2,10-18)9-17-13-7-6-11(16-3)8-12(13)15/h6-8,18H,4-5,9-10H2,1-3H3. The smallest absolute Gasteiger partial charge is 0.133 e. The van der Waals surface area contributed by atoms with Crippen LogP contribution in [-0.4, -0.2) is 19.5 Å². The first kappa shape index (κ1) is 15.7. The zero-order valence-electron chi connectivity index (χ0n) is 11.2. The van der Waals surface area contributed by atoms with E-state index in [4.69, 9.17) is 9.47 Å². The highest BCUT2D eigenvalue weighted by Crippen LogP contribution is 2.33. The Morgan fingerprint density at radius 1 is 1.28 bits per heavy atom. The minimum Gasteiger partial charge on any atom is -0.497 e. The number of benzene rings is 1. The molecular weight excluding hydrogens is 312 g/mol. The summed E-state index contributed by atoms with van der Waals surface area (Å²) in [5.74, 6) is 2.51. The van der Waals surface area contributed by atoms with Crippen LogP contribution in [0.1, 0.15) is 26.7 Å². The van der Waals surface area contributed by atoms with Gasteiger partial charge in [0.05, 0.1) is 18.2 Å². The topological polar surface area (TPSA) is 18.5 Å². The number of thiol groups is 1. The Hall–Kier alpha value is -0.350. The molecule has 4 heteroatoms. The molecule has 18 heavy (non-hydrogen) atoms. The van der Waals surface area contributed by atoms with Gasteiger partial charge in [-0.15, -0.1) is 0 Å². The molecule has 0 aliphatic heterocycles. The van der Waals surface area contributed by atoms with E-state index in [2.05, 4.69) is 42.4 Å². The fraction of sp³-hybridized carbons (Fsp3) is 0.571. The number of hydrogen-bond donors (Lipinski definition) is 1. The zero-order valence-corrected chi connectivity index (χ0v) is 13.7. The first-order chi connectivity index (χ1) is 8.60. The second kappa shape index (κ2) is 7.29. The van der Waals surface area contributed by atoms with E-state index in [-0.39, 0.29) is 5.41 Å². The minimum atomic E-state index is 0.155. The lowest BCUT2D eigenvalue weighted by Crippen LogP contribution is -2.29. The van der Waals surface area contributed by atoms with Crippen molar-refractivity contribution in [1.29, 1.82) is 0 Å². The molecule has 0 radical (unpaired) electrons. The normalized spacial score (nSPS) is 11.4. The number of rotatable bonds is 7. The Morgan fingerprint density at radius 2 is 1.94 bits per heavy atom.